The van der Waals surface area contributed by atoms with Crippen molar-refractivity contribution in [2.45, 2.75) is 37.5 Å². The molecule has 0 aromatic heterocycles. The highest BCUT2D eigenvalue weighted by Crippen LogP contribution is 2.24. The van der Waals surface area contributed by atoms with Gasteiger partial charge in [0.1, 0.15) is 0 Å². The molecule has 1 aromatic rings. The summed E-state index contributed by atoms with van der Waals surface area (Å²) in [6.45, 7) is 2.15. The normalized spacial score (nSPS) is 11.7. The number of hydrogen-bond donors (Lipinski definition) is 1. The first kappa shape index (κ1) is 15.5. The molecule has 18 heavy (non-hydrogen) atoms. The Labute approximate surface area is 113 Å². The van der Waals surface area contributed by atoms with Crippen LogP contribution in [0.4, 0.5) is 0 Å². The molecule has 1 aromatic carbocycles. The van der Waals surface area contributed by atoms with Gasteiger partial charge in [-0.3, -0.25) is 0 Å². The number of rotatable bonds is 8. The molecular formula is C13H20O3S2. The fraction of sp³-hybridized carbons (Fsp3) is 0.538. The summed E-state index contributed by atoms with van der Waals surface area (Å²) in [6, 6.07) is 6.94. The lowest BCUT2D eigenvalue weighted by Gasteiger charge is -2.04. The van der Waals surface area contributed by atoms with Crippen LogP contribution in [-0.2, 0) is 8.87 Å². The highest BCUT2D eigenvalue weighted by Gasteiger charge is 2.14. The molecule has 3 nitrogen and oxygen atoms in total. The van der Waals surface area contributed by atoms with Gasteiger partial charge in [-0.2, -0.15) is 0 Å². The minimum atomic E-state index is -3.20. The van der Waals surface area contributed by atoms with Gasteiger partial charge >= 0.3 is 0 Å². The van der Waals surface area contributed by atoms with E-state index in [0.29, 0.717) is 10.6 Å². The molecule has 102 valence electrons. The summed E-state index contributed by atoms with van der Waals surface area (Å²) in [5, 5.41) is 8.62. The number of aryl methyl sites for hydroxylation is 1. The lowest BCUT2D eigenvalue weighted by atomic mass is 10.2. The third-order valence-corrected chi connectivity index (χ3v) is 6.22. The average Bonchev–Trinajstić information content (AvgIpc) is 2.34. The van der Waals surface area contributed by atoms with Crippen LogP contribution in [0.25, 0.3) is 0 Å². The smallest absolute Gasteiger partial charge is 0.229 e. The zero-order chi connectivity index (χ0) is 13.4. The quantitative estimate of drug-likeness (QED) is 0.590. The van der Waals surface area contributed by atoms with E-state index in [0.717, 1.165) is 42.0 Å². The average molecular weight is 288 g/mol. The predicted octanol–water partition coefficient (Wildman–Crippen LogP) is 2.97. The molecule has 0 saturated heterocycles. The van der Waals surface area contributed by atoms with Crippen LogP contribution in [-0.4, -0.2) is 25.9 Å². The van der Waals surface area contributed by atoms with Crippen LogP contribution in [0, 0.1) is 6.92 Å². The van der Waals surface area contributed by atoms with E-state index in [-0.39, 0.29) is 6.61 Å². The minimum Gasteiger partial charge on any atom is -0.396 e. The monoisotopic (exact) mass is 288 g/mol. The zero-order valence-electron chi connectivity index (χ0n) is 10.6. The van der Waals surface area contributed by atoms with Crippen molar-refractivity contribution >= 4 is 19.7 Å². The molecule has 0 heterocycles. The molecule has 0 spiro atoms. The highest BCUT2D eigenvalue weighted by atomic mass is 33.1. The van der Waals surface area contributed by atoms with Crippen LogP contribution in [0.2, 0.25) is 0 Å². The summed E-state index contributed by atoms with van der Waals surface area (Å²) in [5.74, 6) is 0.613. The van der Waals surface area contributed by atoms with Crippen molar-refractivity contribution in [3.8, 4) is 0 Å². The lowest BCUT2D eigenvalue weighted by Crippen LogP contribution is -1.97. The lowest BCUT2D eigenvalue weighted by molar-refractivity contribution is 0.283. The molecular weight excluding hydrogens is 268 g/mol. The maximum atomic E-state index is 12.0. The summed E-state index contributed by atoms with van der Waals surface area (Å²) in [5.41, 5.74) is 1.06. The summed E-state index contributed by atoms with van der Waals surface area (Å²) < 4.78 is 23.9. The summed E-state index contributed by atoms with van der Waals surface area (Å²) in [6.07, 6.45) is 3.60. The van der Waals surface area contributed by atoms with Crippen molar-refractivity contribution in [2.75, 3.05) is 12.4 Å². The third kappa shape index (κ3) is 5.42. The molecule has 5 heteroatoms. The minimum absolute atomic E-state index is 0.217. The van der Waals surface area contributed by atoms with Gasteiger partial charge in [-0.15, -0.1) is 0 Å². The van der Waals surface area contributed by atoms with Gasteiger partial charge in [0.15, 0.2) is 0 Å². The molecule has 1 rings (SSSR count). The van der Waals surface area contributed by atoms with Gasteiger partial charge in [0.25, 0.3) is 0 Å². The fourth-order valence-corrected chi connectivity index (χ4v) is 4.41. The SMILES string of the molecule is Cc1ccc(S(=O)(=O)SCCCCCCO)cc1. The van der Waals surface area contributed by atoms with Gasteiger partial charge in [-0.05, 0) is 42.7 Å². The van der Waals surface area contributed by atoms with Crippen LogP contribution in [0.15, 0.2) is 29.2 Å². The molecule has 0 aliphatic heterocycles. The molecule has 0 fully saturated rings. The molecule has 0 unspecified atom stereocenters. The Kier molecular flexibility index (Phi) is 6.75. The van der Waals surface area contributed by atoms with E-state index in [4.69, 9.17) is 5.11 Å². The molecule has 0 amide bonds. The number of benzene rings is 1. The van der Waals surface area contributed by atoms with E-state index in [1.807, 2.05) is 19.1 Å². The van der Waals surface area contributed by atoms with Gasteiger partial charge < -0.3 is 5.11 Å². The van der Waals surface area contributed by atoms with Crippen molar-refractivity contribution in [2.24, 2.45) is 0 Å². The van der Waals surface area contributed by atoms with Crippen LogP contribution < -0.4 is 0 Å². The molecule has 1 N–H and O–H groups in total. The zero-order valence-corrected chi connectivity index (χ0v) is 12.3. The van der Waals surface area contributed by atoms with Crippen molar-refractivity contribution in [3.63, 3.8) is 0 Å². The van der Waals surface area contributed by atoms with E-state index < -0.39 is 8.87 Å². The predicted molar refractivity (Wildman–Crippen MR) is 76.4 cm³/mol. The first-order valence-corrected chi connectivity index (χ1v) is 9.12. The van der Waals surface area contributed by atoms with E-state index in [1.54, 1.807) is 12.1 Å². The van der Waals surface area contributed by atoms with Crippen molar-refractivity contribution < 1.29 is 13.5 Å². The maximum absolute atomic E-state index is 12.0. The highest BCUT2D eigenvalue weighted by molar-refractivity contribution is 8.72. The largest absolute Gasteiger partial charge is 0.396 e. The molecule has 0 aliphatic carbocycles. The second-order valence-corrected chi connectivity index (χ2v) is 8.27. The molecule has 0 radical (unpaired) electrons. The van der Waals surface area contributed by atoms with Crippen molar-refractivity contribution in [3.05, 3.63) is 29.8 Å². The number of unbranched alkanes of at least 4 members (excludes halogenated alkanes) is 3. The van der Waals surface area contributed by atoms with Crippen LogP contribution in [0.5, 0.6) is 0 Å². The van der Waals surface area contributed by atoms with Gasteiger partial charge in [0.05, 0.1) is 4.90 Å². The first-order valence-electron chi connectivity index (χ1n) is 6.13. The van der Waals surface area contributed by atoms with Crippen LogP contribution in [0.1, 0.15) is 31.2 Å². The Morgan fingerprint density at radius 3 is 2.28 bits per heavy atom. The van der Waals surface area contributed by atoms with Crippen LogP contribution in [0.3, 0.4) is 0 Å². The standard InChI is InChI=1S/C13H20O3S2/c1-12-6-8-13(9-7-12)18(15,16)17-11-5-3-2-4-10-14/h6-9,14H,2-5,10-11H2,1H3. The second kappa shape index (κ2) is 7.81. The van der Waals surface area contributed by atoms with Crippen molar-refractivity contribution in [1.82, 2.24) is 0 Å². The fourth-order valence-electron chi connectivity index (χ4n) is 1.51. The first-order chi connectivity index (χ1) is 8.56. The number of aliphatic hydroxyl groups excluding tert-OH is 1. The maximum Gasteiger partial charge on any atom is 0.229 e. The molecule has 0 aliphatic rings. The van der Waals surface area contributed by atoms with E-state index >= 15 is 0 Å². The molecule has 0 bridgehead atoms. The second-order valence-electron chi connectivity index (χ2n) is 4.23. The van der Waals surface area contributed by atoms with Gasteiger partial charge in [-0.25, -0.2) is 8.42 Å². The van der Waals surface area contributed by atoms with E-state index in [2.05, 4.69) is 0 Å². The topological polar surface area (TPSA) is 54.4 Å². The van der Waals surface area contributed by atoms with E-state index in [1.165, 1.54) is 0 Å². The van der Waals surface area contributed by atoms with Gasteiger partial charge in [0, 0.05) is 12.4 Å². The number of hydrogen-bond acceptors (Lipinski definition) is 4. The summed E-state index contributed by atoms with van der Waals surface area (Å²) >= 11 is 0. The molecule has 0 atom stereocenters. The third-order valence-electron chi connectivity index (χ3n) is 2.60. The van der Waals surface area contributed by atoms with Gasteiger partial charge in [-0.1, -0.05) is 30.5 Å². The van der Waals surface area contributed by atoms with Crippen LogP contribution >= 0.6 is 10.8 Å². The van der Waals surface area contributed by atoms with Gasteiger partial charge in [0.2, 0.25) is 8.87 Å². The molecule has 0 saturated carbocycles. The summed E-state index contributed by atoms with van der Waals surface area (Å²) in [7, 11) is -2.20. The Morgan fingerprint density at radius 2 is 1.67 bits per heavy atom. The Balaban J connectivity index is 2.38. The van der Waals surface area contributed by atoms with E-state index in [9.17, 15) is 8.42 Å². The Morgan fingerprint density at radius 1 is 1.06 bits per heavy atom. The van der Waals surface area contributed by atoms with Crippen molar-refractivity contribution in [1.29, 1.82) is 0 Å². The number of aliphatic hydroxyl groups is 1. The summed E-state index contributed by atoms with van der Waals surface area (Å²) in [4.78, 5) is 0.383. The Hall–Kier alpha value is -0.520. The Bertz CT molecular complexity index is 438.